The number of nitrogen functional groups attached to an aromatic ring is 1. The summed E-state index contributed by atoms with van der Waals surface area (Å²) in [4.78, 5) is 20.2. The van der Waals surface area contributed by atoms with E-state index < -0.39 is 5.97 Å². The highest BCUT2D eigenvalue weighted by atomic mass is 16.5. The number of hydrogen-bond acceptors (Lipinski definition) is 5. The molecule has 1 aromatic heterocycles. The van der Waals surface area contributed by atoms with E-state index in [1.165, 1.54) is 6.08 Å². The SMILES string of the molecule is C=Cc1c(N)nc(C2CC2)nc1C(=O)OCC. The molecule has 1 aliphatic carbocycles. The van der Waals surface area contributed by atoms with Gasteiger partial charge in [0.1, 0.15) is 11.6 Å². The van der Waals surface area contributed by atoms with Crippen LogP contribution in [0.2, 0.25) is 0 Å². The maximum Gasteiger partial charge on any atom is 0.357 e. The summed E-state index contributed by atoms with van der Waals surface area (Å²) in [6.07, 6.45) is 3.59. The lowest BCUT2D eigenvalue weighted by Gasteiger charge is -2.09. The molecule has 2 N–H and O–H groups in total. The van der Waals surface area contributed by atoms with Crippen molar-refractivity contribution in [2.45, 2.75) is 25.7 Å². The number of anilines is 1. The summed E-state index contributed by atoms with van der Waals surface area (Å²) in [6.45, 7) is 5.67. The second-order valence-corrected chi connectivity index (χ2v) is 3.93. The molecule has 2 rings (SSSR count). The zero-order chi connectivity index (χ0) is 12.4. The monoisotopic (exact) mass is 233 g/mol. The number of ether oxygens (including phenoxy) is 1. The van der Waals surface area contributed by atoms with Gasteiger partial charge < -0.3 is 10.5 Å². The first kappa shape index (κ1) is 11.6. The van der Waals surface area contributed by atoms with E-state index >= 15 is 0 Å². The van der Waals surface area contributed by atoms with Crippen molar-refractivity contribution in [1.29, 1.82) is 0 Å². The van der Waals surface area contributed by atoms with Crippen molar-refractivity contribution in [3.63, 3.8) is 0 Å². The van der Waals surface area contributed by atoms with E-state index in [2.05, 4.69) is 16.5 Å². The Labute approximate surface area is 99.7 Å². The standard InChI is InChI=1S/C12H15N3O2/c1-3-8-9(12(16)17-4-2)14-11(7-5-6-7)15-10(8)13/h3,7H,1,4-6H2,2H3,(H2,13,14,15). The Morgan fingerprint density at radius 2 is 2.29 bits per heavy atom. The minimum atomic E-state index is -0.474. The van der Waals surface area contributed by atoms with Crippen LogP contribution in [0.15, 0.2) is 6.58 Å². The molecule has 0 bridgehead atoms. The van der Waals surface area contributed by atoms with Gasteiger partial charge in [-0.05, 0) is 19.8 Å². The molecule has 5 nitrogen and oxygen atoms in total. The van der Waals surface area contributed by atoms with Crippen molar-refractivity contribution in [3.05, 3.63) is 23.7 Å². The molecular weight excluding hydrogens is 218 g/mol. The molecule has 90 valence electrons. The molecule has 17 heavy (non-hydrogen) atoms. The molecular formula is C12H15N3O2. The topological polar surface area (TPSA) is 78.1 Å². The minimum Gasteiger partial charge on any atom is -0.461 e. The lowest BCUT2D eigenvalue weighted by Crippen LogP contribution is -2.14. The van der Waals surface area contributed by atoms with Crippen molar-refractivity contribution in [2.24, 2.45) is 0 Å². The Kier molecular flexibility index (Phi) is 3.08. The summed E-state index contributed by atoms with van der Waals surface area (Å²) in [6, 6.07) is 0. The fraction of sp³-hybridized carbons (Fsp3) is 0.417. The van der Waals surface area contributed by atoms with E-state index in [4.69, 9.17) is 10.5 Å². The van der Waals surface area contributed by atoms with E-state index in [1.807, 2.05) is 0 Å². The second-order valence-electron chi connectivity index (χ2n) is 3.93. The molecule has 1 saturated carbocycles. The number of esters is 1. The van der Waals surface area contributed by atoms with Crippen LogP contribution in [0.3, 0.4) is 0 Å². The van der Waals surface area contributed by atoms with E-state index in [1.54, 1.807) is 6.92 Å². The normalized spacial score (nSPS) is 14.4. The Morgan fingerprint density at radius 1 is 1.59 bits per heavy atom. The van der Waals surface area contributed by atoms with Crippen molar-refractivity contribution < 1.29 is 9.53 Å². The first-order chi connectivity index (χ1) is 8.17. The first-order valence-electron chi connectivity index (χ1n) is 5.64. The van der Waals surface area contributed by atoms with Gasteiger partial charge in [-0.2, -0.15) is 0 Å². The molecule has 1 heterocycles. The van der Waals surface area contributed by atoms with Crippen molar-refractivity contribution in [3.8, 4) is 0 Å². The summed E-state index contributed by atoms with van der Waals surface area (Å²) in [7, 11) is 0. The van der Waals surface area contributed by atoms with Gasteiger partial charge in [-0.25, -0.2) is 14.8 Å². The fourth-order valence-corrected chi connectivity index (χ4v) is 1.59. The Bertz CT molecular complexity index is 467. The smallest absolute Gasteiger partial charge is 0.357 e. The molecule has 0 aliphatic heterocycles. The highest BCUT2D eigenvalue weighted by molar-refractivity contribution is 5.93. The van der Waals surface area contributed by atoms with Crippen molar-refractivity contribution in [2.75, 3.05) is 12.3 Å². The second kappa shape index (κ2) is 4.53. The van der Waals surface area contributed by atoms with Gasteiger partial charge in [0.2, 0.25) is 0 Å². The summed E-state index contributed by atoms with van der Waals surface area (Å²) < 4.78 is 4.95. The van der Waals surface area contributed by atoms with E-state index in [0.29, 0.717) is 29.7 Å². The highest BCUT2D eigenvalue weighted by Crippen LogP contribution is 2.38. The summed E-state index contributed by atoms with van der Waals surface area (Å²) in [5.41, 5.74) is 6.47. The Balaban J connectivity index is 2.45. The number of aromatic nitrogens is 2. The maximum atomic E-state index is 11.8. The third-order valence-electron chi connectivity index (χ3n) is 2.61. The average molecular weight is 233 g/mol. The first-order valence-corrected chi connectivity index (χ1v) is 5.64. The molecule has 0 unspecified atom stereocenters. The van der Waals surface area contributed by atoms with E-state index in [9.17, 15) is 4.79 Å². The van der Waals surface area contributed by atoms with Crippen LogP contribution >= 0.6 is 0 Å². The number of rotatable bonds is 4. The van der Waals surface area contributed by atoms with Gasteiger partial charge in [-0.1, -0.05) is 12.7 Å². The maximum absolute atomic E-state index is 11.8. The van der Waals surface area contributed by atoms with Gasteiger partial charge in [0.25, 0.3) is 0 Å². The number of nitrogens with zero attached hydrogens (tertiary/aromatic N) is 2. The van der Waals surface area contributed by atoms with Gasteiger partial charge >= 0.3 is 5.97 Å². The number of carbonyl (C=O) groups is 1. The van der Waals surface area contributed by atoms with Crippen LogP contribution in [0.5, 0.6) is 0 Å². The fourth-order valence-electron chi connectivity index (χ4n) is 1.59. The molecule has 1 aliphatic rings. The van der Waals surface area contributed by atoms with E-state index in [0.717, 1.165) is 12.8 Å². The molecule has 5 heteroatoms. The van der Waals surface area contributed by atoms with Crippen molar-refractivity contribution >= 4 is 17.9 Å². The molecule has 1 fully saturated rings. The van der Waals surface area contributed by atoms with Crippen LogP contribution in [0.1, 0.15) is 47.6 Å². The summed E-state index contributed by atoms with van der Waals surface area (Å²) in [5.74, 6) is 0.791. The van der Waals surface area contributed by atoms with Gasteiger partial charge in [-0.3, -0.25) is 0 Å². The predicted molar refractivity (Wildman–Crippen MR) is 64.5 cm³/mol. The Morgan fingerprint density at radius 3 is 2.82 bits per heavy atom. The molecule has 0 spiro atoms. The number of hydrogen-bond donors (Lipinski definition) is 1. The van der Waals surface area contributed by atoms with Crippen LogP contribution in [0, 0.1) is 0 Å². The average Bonchev–Trinajstić information content (AvgIpc) is 3.12. The van der Waals surface area contributed by atoms with Gasteiger partial charge in [0.15, 0.2) is 5.69 Å². The van der Waals surface area contributed by atoms with Gasteiger partial charge in [0, 0.05) is 11.5 Å². The predicted octanol–water partition coefficient (Wildman–Crippen LogP) is 1.76. The molecule has 0 atom stereocenters. The number of nitrogens with two attached hydrogens (primary N) is 1. The zero-order valence-corrected chi connectivity index (χ0v) is 9.77. The molecule has 0 radical (unpaired) electrons. The van der Waals surface area contributed by atoms with Crippen LogP contribution in [-0.4, -0.2) is 22.5 Å². The molecule has 0 amide bonds. The third-order valence-corrected chi connectivity index (χ3v) is 2.61. The van der Waals surface area contributed by atoms with Crippen LogP contribution in [0.4, 0.5) is 5.82 Å². The van der Waals surface area contributed by atoms with Crippen LogP contribution < -0.4 is 5.73 Å². The summed E-state index contributed by atoms with van der Waals surface area (Å²) in [5, 5.41) is 0. The Hall–Kier alpha value is -1.91. The lowest BCUT2D eigenvalue weighted by molar-refractivity contribution is 0.0518. The van der Waals surface area contributed by atoms with Crippen LogP contribution in [-0.2, 0) is 4.74 Å². The van der Waals surface area contributed by atoms with Crippen molar-refractivity contribution in [1.82, 2.24) is 9.97 Å². The molecule has 0 saturated heterocycles. The van der Waals surface area contributed by atoms with E-state index in [-0.39, 0.29) is 5.69 Å². The third kappa shape index (κ3) is 2.27. The largest absolute Gasteiger partial charge is 0.461 e. The number of carbonyl (C=O) groups excluding carboxylic acids is 1. The van der Waals surface area contributed by atoms with Gasteiger partial charge in [0.05, 0.1) is 6.61 Å². The highest BCUT2D eigenvalue weighted by Gasteiger charge is 2.29. The lowest BCUT2D eigenvalue weighted by atomic mass is 10.2. The van der Waals surface area contributed by atoms with Crippen LogP contribution in [0.25, 0.3) is 6.08 Å². The molecule has 1 aromatic rings. The zero-order valence-electron chi connectivity index (χ0n) is 9.77. The minimum absolute atomic E-state index is 0.219. The quantitative estimate of drug-likeness (QED) is 0.801. The van der Waals surface area contributed by atoms with Gasteiger partial charge in [-0.15, -0.1) is 0 Å². The molecule has 0 aromatic carbocycles. The summed E-state index contributed by atoms with van der Waals surface area (Å²) >= 11 is 0.